The topological polar surface area (TPSA) is 26.0 Å². The van der Waals surface area contributed by atoms with Crippen molar-refractivity contribution in [2.75, 3.05) is 5.75 Å². The van der Waals surface area contributed by atoms with Gasteiger partial charge in [0, 0.05) is 11.3 Å². The predicted octanol–water partition coefficient (Wildman–Crippen LogP) is 1.87. The Morgan fingerprint density at radius 2 is 2.40 bits per heavy atom. The molecule has 10 heavy (non-hydrogen) atoms. The number of rotatable bonds is 2. The van der Waals surface area contributed by atoms with Crippen molar-refractivity contribution in [3.8, 4) is 0 Å². The summed E-state index contributed by atoms with van der Waals surface area (Å²) in [5, 5.41) is 0.853. The van der Waals surface area contributed by atoms with E-state index in [2.05, 4.69) is 25.6 Å². The molecule has 1 heterocycles. The normalized spacial score (nSPS) is 36.3. The Bertz CT molecular complexity index is 103. The van der Waals surface area contributed by atoms with Gasteiger partial charge in [-0.2, -0.15) is 11.8 Å². The molecule has 0 aliphatic carbocycles. The number of hydrogen-bond acceptors (Lipinski definition) is 2. The van der Waals surface area contributed by atoms with Crippen LogP contribution in [0.1, 0.15) is 26.7 Å². The van der Waals surface area contributed by atoms with E-state index in [1.807, 2.05) is 0 Å². The lowest BCUT2D eigenvalue weighted by Crippen LogP contribution is -2.22. The summed E-state index contributed by atoms with van der Waals surface area (Å²) in [6.45, 7) is 4.43. The largest absolute Gasteiger partial charge is 0.328 e. The van der Waals surface area contributed by atoms with E-state index in [0.29, 0.717) is 6.04 Å². The van der Waals surface area contributed by atoms with E-state index in [1.54, 1.807) is 0 Å². The zero-order valence-corrected chi connectivity index (χ0v) is 7.66. The molecule has 0 amide bonds. The lowest BCUT2D eigenvalue weighted by atomic mass is 9.96. The quantitative estimate of drug-likeness (QED) is 0.665. The van der Waals surface area contributed by atoms with E-state index in [-0.39, 0.29) is 0 Å². The van der Waals surface area contributed by atoms with Crippen LogP contribution in [0.2, 0.25) is 0 Å². The third kappa shape index (κ3) is 2.17. The number of nitrogens with two attached hydrogens (primary N) is 1. The molecular formula is C8H17NS. The Morgan fingerprint density at radius 1 is 1.70 bits per heavy atom. The highest BCUT2D eigenvalue weighted by Gasteiger charge is 2.24. The second-order valence-electron chi connectivity index (χ2n) is 3.34. The van der Waals surface area contributed by atoms with Crippen molar-refractivity contribution in [3.63, 3.8) is 0 Å². The van der Waals surface area contributed by atoms with Crippen LogP contribution in [0.25, 0.3) is 0 Å². The van der Waals surface area contributed by atoms with Gasteiger partial charge in [0.1, 0.15) is 0 Å². The molecule has 1 rings (SSSR count). The van der Waals surface area contributed by atoms with Gasteiger partial charge in [-0.1, -0.05) is 6.92 Å². The van der Waals surface area contributed by atoms with Crippen molar-refractivity contribution in [1.29, 1.82) is 0 Å². The Kier molecular flexibility index (Phi) is 3.05. The van der Waals surface area contributed by atoms with E-state index >= 15 is 0 Å². The zero-order valence-electron chi connectivity index (χ0n) is 6.84. The number of hydrogen-bond donors (Lipinski definition) is 1. The van der Waals surface area contributed by atoms with Crippen LogP contribution in [0.4, 0.5) is 0 Å². The first kappa shape index (κ1) is 8.41. The van der Waals surface area contributed by atoms with E-state index in [4.69, 9.17) is 5.73 Å². The first-order valence-corrected chi connectivity index (χ1v) is 5.12. The third-order valence-electron chi connectivity index (χ3n) is 2.21. The molecule has 0 aromatic heterocycles. The summed E-state index contributed by atoms with van der Waals surface area (Å²) >= 11 is 2.09. The van der Waals surface area contributed by atoms with E-state index < -0.39 is 0 Å². The zero-order chi connectivity index (χ0) is 7.56. The van der Waals surface area contributed by atoms with E-state index in [1.165, 1.54) is 18.6 Å². The summed E-state index contributed by atoms with van der Waals surface area (Å²) in [4.78, 5) is 0. The second kappa shape index (κ2) is 3.63. The van der Waals surface area contributed by atoms with Gasteiger partial charge < -0.3 is 5.73 Å². The van der Waals surface area contributed by atoms with Gasteiger partial charge in [-0.3, -0.25) is 0 Å². The average molecular weight is 159 g/mol. The minimum atomic E-state index is 0.395. The van der Waals surface area contributed by atoms with Crippen LogP contribution in [0.3, 0.4) is 0 Å². The van der Waals surface area contributed by atoms with Crippen LogP contribution in [-0.4, -0.2) is 17.0 Å². The van der Waals surface area contributed by atoms with Crippen molar-refractivity contribution in [1.82, 2.24) is 0 Å². The molecular weight excluding hydrogens is 142 g/mol. The molecule has 1 fully saturated rings. The van der Waals surface area contributed by atoms with Gasteiger partial charge in [-0.15, -0.1) is 0 Å². The van der Waals surface area contributed by atoms with E-state index in [0.717, 1.165) is 11.2 Å². The monoisotopic (exact) mass is 159 g/mol. The molecule has 0 spiro atoms. The van der Waals surface area contributed by atoms with Crippen LogP contribution in [0.5, 0.6) is 0 Å². The fourth-order valence-corrected chi connectivity index (χ4v) is 2.89. The molecule has 0 bridgehead atoms. The van der Waals surface area contributed by atoms with Crippen molar-refractivity contribution < 1.29 is 0 Å². The fourth-order valence-electron chi connectivity index (χ4n) is 1.56. The summed E-state index contributed by atoms with van der Waals surface area (Å²) in [6.07, 6.45) is 2.60. The van der Waals surface area contributed by atoms with Crippen molar-refractivity contribution >= 4 is 11.8 Å². The average Bonchev–Trinajstić information content (AvgIpc) is 2.15. The van der Waals surface area contributed by atoms with Gasteiger partial charge in [0.2, 0.25) is 0 Å². The second-order valence-corrected chi connectivity index (χ2v) is 4.82. The summed E-state index contributed by atoms with van der Waals surface area (Å²) in [5.74, 6) is 2.24. The lowest BCUT2D eigenvalue weighted by Gasteiger charge is -2.15. The highest BCUT2D eigenvalue weighted by molar-refractivity contribution is 8.00. The van der Waals surface area contributed by atoms with Gasteiger partial charge in [0.05, 0.1) is 0 Å². The molecule has 0 radical (unpaired) electrons. The summed E-state index contributed by atoms with van der Waals surface area (Å²) in [6, 6.07) is 0.395. The van der Waals surface area contributed by atoms with Crippen LogP contribution >= 0.6 is 11.8 Å². The van der Waals surface area contributed by atoms with Crippen LogP contribution < -0.4 is 5.73 Å². The van der Waals surface area contributed by atoms with Gasteiger partial charge in [0.25, 0.3) is 0 Å². The maximum absolute atomic E-state index is 5.73. The molecule has 0 saturated carbocycles. The fraction of sp³-hybridized carbons (Fsp3) is 1.00. The Hall–Kier alpha value is 0.310. The molecule has 1 aliphatic heterocycles. The highest BCUT2D eigenvalue weighted by Crippen LogP contribution is 2.34. The number of thioether (sulfide) groups is 1. The van der Waals surface area contributed by atoms with Crippen molar-refractivity contribution in [2.45, 2.75) is 38.0 Å². The maximum Gasteiger partial charge on any atom is 0.00478 e. The molecule has 1 aliphatic rings. The van der Waals surface area contributed by atoms with Crippen molar-refractivity contribution in [3.05, 3.63) is 0 Å². The molecule has 3 atom stereocenters. The van der Waals surface area contributed by atoms with Crippen LogP contribution in [0.15, 0.2) is 0 Å². The van der Waals surface area contributed by atoms with Crippen molar-refractivity contribution in [2.24, 2.45) is 11.7 Å². The molecule has 0 aromatic carbocycles. The maximum atomic E-state index is 5.73. The molecule has 1 saturated heterocycles. The summed E-state index contributed by atoms with van der Waals surface area (Å²) in [7, 11) is 0. The van der Waals surface area contributed by atoms with E-state index in [9.17, 15) is 0 Å². The smallest absolute Gasteiger partial charge is 0.00478 e. The molecule has 0 aromatic rings. The van der Waals surface area contributed by atoms with Crippen LogP contribution in [0, 0.1) is 5.92 Å². The minimum Gasteiger partial charge on any atom is -0.328 e. The predicted molar refractivity (Wildman–Crippen MR) is 48.3 cm³/mol. The standard InChI is InChI=1S/C8H17NS/c1-6(9)5-8-3-4-10-7(8)2/h6-8H,3-5,9H2,1-2H3. The Morgan fingerprint density at radius 3 is 2.80 bits per heavy atom. The van der Waals surface area contributed by atoms with Gasteiger partial charge in [-0.25, -0.2) is 0 Å². The third-order valence-corrected chi connectivity index (χ3v) is 3.59. The highest BCUT2D eigenvalue weighted by atomic mass is 32.2. The summed E-state index contributed by atoms with van der Waals surface area (Å²) < 4.78 is 0. The SMILES string of the molecule is CC(N)CC1CCSC1C. The Labute approximate surface area is 67.8 Å². The molecule has 60 valence electrons. The molecule has 3 unspecified atom stereocenters. The lowest BCUT2D eigenvalue weighted by molar-refractivity contribution is 0.449. The van der Waals surface area contributed by atoms with Gasteiger partial charge in [-0.05, 0) is 31.4 Å². The van der Waals surface area contributed by atoms with Crippen LogP contribution in [-0.2, 0) is 0 Å². The summed E-state index contributed by atoms with van der Waals surface area (Å²) in [5.41, 5.74) is 5.73. The molecule has 2 heteroatoms. The molecule has 1 nitrogen and oxygen atoms in total. The first-order valence-electron chi connectivity index (χ1n) is 4.07. The molecule has 2 N–H and O–H groups in total. The Balaban J connectivity index is 2.26. The van der Waals surface area contributed by atoms with Gasteiger partial charge in [0.15, 0.2) is 0 Å². The van der Waals surface area contributed by atoms with Gasteiger partial charge >= 0.3 is 0 Å². The minimum absolute atomic E-state index is 0.395. The first-order chi connectivity index (χ1) is 4.70.